The van der Waals surface area contributed by atoms with E-state index in [2.05, 4.69) is 20.9 Å². The second kappa shape index (κ2) is 7.07. The predicted molar refractivity (Wildman–Crippen MR) is 101 cm³/mol. The Kier molecular flexibility index (Phi) is 4.70. The average molecular weight is 406 g/mol. The van der Waals surface area contributed by atoms with E-state index < -0.39 is 52.5 Å². The molecule has 0 spiro atoms. The van der Waals surface area contributed by atoms with Crippen molar-refractivity contribution in [3.63, 3.8) is 0 Å². The van der Waals surface area contributed by atoms with Crippen LogP contribution in [0.1, 0.15) is 22.9 Å². The third-order valence-corrected chi connectivity index (χ3v) is 5.31. The zero-order valence-corrected chi connectivity index (χ0v) is 15.6. The molecule has 3 aromatic rings. The van der Waals surface area contributed by atoms with Gasteiger partial charge >= 0.3 is 0 Å². The van der Waals surface area contributed by atoms with Crippen LogP contribution in [-0.4, -0.2) is 31.0 Å². The average Bonchev–Trinajstić information content (AvgIpc) is 3.11. The molecule has 29 heavy (non-hydrogen) atoms. The zero-order chi connectivity index (χ0) is 20.9. The number of fused-ring (bicyclic) bond motifs is 3. The number of anilines is 1. The molecule has 5 nitrogen and oxygen atoms in total. The maximum Gasteiger partial charge on any atom is 0.237 e. The first-order chi connectivity index (χ1) is 13.9. The van der Waals surface area contributed by atoms with Crippen LogP contribution >= 0.6 is 0 Å². The summed E-state index contributed by atoms with van der Waals surface area (Å²) in [6.07, 6.45) is 0.248. The van der Waals surface area contributed by atoms with E-state index >= 15 is 0 Å². The van der Waals surface area contributed by atoms with Crippen LogP contribution in [0.25, 0.3) is 10.9 Å². The van der Waals surface area contributed by atoms with E-state index in [0.717, 1.165) is 12.4 Å². The largest absolute Gasteiger partial charge is 0.383 e. The molecule has 0 unspecified atom stereocenters. The first-order valence-electron chi connectivity index (χ1n) is 8.99. The molecule has 0 fully saturated rings. The highest BCUT2D eigenvalue weighted by Gasteiger charge is 2.38. The molecule has 4 N–H and O–H groups in total. The molecule has 0 bridgehead atoms. The van der Waals surface area contributed by atoms with Crippen molar-refractivity contribution in [2.45, 2.75) is 18.5 Å². The Balaban J connectivity index is 1.98. The van der Waals surface area contributed by atoms with Gasteiger partial charge in [-0.15, -0.1) is 0 Å². The number of nitrogens with one attached hydrogen (secondary N) is 4. The normalized spacial score (nSPS) is 18.6. The summed E-state index contributed by atoms with van der Waals surface area (Å²) in [6, 6.07) is 5.04. The summed E-state index contributed by atoms with van der Waals surface area (Å²) in [5.74, 6) is -6.49. The fraction of sp³-hybridized carbons (Fsp3) is 0.250. The van der Waals surface area contributed by atoms with E-state index in [1.54, 1.807) is 18.2 Å². The Hall–Kier alpha value is -3.07. The molecule has 0 saturated carbocycles. The molecule has 1 aliphatic rings. The van der Waals surface area contributed by atoms with Crippen LogP contribution in [0.15, 0.2) is 24.3 Å². The molecular weight excluding hydrogens is 388 g/mol. The number of H-pyrrole nitrogens is 1. The molecular formula is C20H18F4N4O. The fourth-order valence-electron chi connectivity index (χ4n) is 3.93. The molecule has 0 radical (unpaired) electrons. The minimum absolute atomic E-state index is 0.248. The number of benzene rings is 2. The van der Waals surface area contributed by atoms with Gasteiger partial charge in [0.05, 0.1) is 17.6 Å². The van der Waals surface area contributed by atoms with Gasteiger partial charge < -0.3 is 15.6 Å². The van der Waals surface area contributed by atoms with Crippen LogP contribution in [0.4, 0.5) is 23.2 Å². The lowest BCUT2D eigenvalue weighted by Crippen LogP contribution is -2.49. The van der Waals surface area contributed by atoms with Gasteiger partial charge in [0.15, 0.2) is 23.3 Å². The highest BCUT2D eigenvalue weighted by atomic mass is 19.2. The standard InChI is InChI=1S/C20H18F4N4O/c1-25-19-15(23)13(21)12(14(22)16(19)24)18-17-9(7-11(28-18)20(29)26-2)8-5-3-4-6-10(8)27-17/h3-6,11,18,25,27-28H,7H2,1-2H3,(H,26,29)/t11-,18+/m0/s1. The number of aromatic amines is 1. The van der Waals surface area contributed by atoms with Crippen LogP contribution in [0.2, 0.25) is 0 Å². The van der Waals surface area contributed by atoms with Crippen molar-refractivity contribution in [3.05, 3.63) is 64.4 Å². The Morgan fingerprint density at radius 1 is 1.03 bits per heavy atom. The predicted octanol–water partition coefficient (Wildman–Crippen LogP) is 3.12. The molecule has 2 atom stereocenters. The number of para-hydroxylation sites is 1. The maximum absolute atomic E-state index is 14.9. The van der Waals surface area contributed by atoms with Crippen molar-refractivity contribution < 1.29 is 22.4 Å². The minimum Gasteiger partial charge on any atom is -0.383 e. The first kappa shape index (κ1) is 19.3. The van der Waals surface area contributed by atoms with Crippen LogP contribution in [-0.2, 0) is 11.2 Å². The Bertz CT molecular complexity index is 1100. The molecule has 2 aromatic carbocycles. The van der Waals surface area contributed by atoms with E-state index in [-0.39, 0.29) is 6.42 Å². The molecule has 1 amide bonds. The quantitative estimate of drug-likeness (QED) is 0.399. The fourth-order valence-corrected chi connectivity index (χ4v) is 3.93. The van der Waals surface area contributed by atoms with Gasteiger partial charge in [0.25, 0.3) is 0 Å². The highest BCUT2D eigenvalue weighted by molar-refractivity contribution is 5.88. The van der Waals surface area contributed by atoms with E-state index in [0.29, 0.717) is 16.8 Å². The smallest absolute Gasteiger partial charge is 0.237 e. The number of carbonyl (C=O) groups excluding carboxylic acids is 1. The van der Waals surface area contributed by atoms with Gasteiger partial charge in [-0.1, -0.05) is 18.2 Å². The number of aromatic nitrogens is 1. The zero-order valence-electron chi connectivity index (χ0n) is 15.6. The van der Waals surface area contributed by atoms with Crippen molar-refractivity contribution >= 4 is 22.5 Å². The summed E-state index contributed by atoms with van der Waals surface area (Å²) in [4.78, 5) is 15.4. The number of rotatable bonds is 3. The van der Waals surface area contributed by atoms with Gasteiger partial charge in [0.1, 0.15) is 5.69 Å². The Morgan fingerprint density at radius 3 is 2.31 bits per heavy atom. The van der Waals surface area contributed by atoms with E-state index in [1.807, 2.05) is 6.07 Å². The number of carbonyl (C=O) groups is 1. The van der Waals surface area contributed by atoms with Crippen molar-refractivity contribution in [2.75, 3.05) is 19.4 Å². The van der Waals surface area contributed by atoms with Crippen LogP contribution in [0.5, 0.6) is 0 Å². The van der Waals surface area contributed by atoms with Gasteiger partial charge in [-0.3, -0.25) is 10.1 Å². The Labute approximate surface area is 163 Å². The number of halogens is 4. The maximum atomic E-state index is 14.9. The van der Waals surface area contributed by atoms with Gasteiger partial charge in [-0.25, -0.2) is 17.6 Å². The number of likely N-dealkylation sites (N-methyl/N-ethyl adjacent to an activating group) is 1. The lowest BCUT2D eigenvalue weighted by molar-refractivity contribution is -0.122. The SMILES string of the molecule is CNC(=O)[C@@H]1Cc2c([nH]c3ccccc23)[C@@H](c2c(F)c(F)c(NC)c(F)c2F)N1. The van der Waals surface area contributed by atoms with Crippen molar-refractivity contribution in [2.24, 2.45) is 0 Å². The first-order valence-corrected chi connectivity index (χ1v) is 8.99. The van der Waals surface area contributed by atoms with Crippen LogP contribution in [0, 0.1) is 23.3 Å². The monoisotopic (exact) mass is 406 g/mol. The third kappa shape index (κ3) is 2.84. The molecule has 4 rings (SSSR count). The van der Waals surface area contributed by atoms with E-state index in [1.165, 1.54) is 7.05 Å². The molecule has 2 heterocycles. The van der Waals surface area contributed by atoms with Gasteiger partial charge in [0.2, 0.25) is 5.91 Å². The molecule has 152 valence electrons. The third-order valence-electron chi connectivity index (χ3n) is 5.31. The lowest BCUT2D eigenvalue weighted by atomic mass is 9.89. The van der Waals surface area contributed by atoms with E-state index in [9.17, 15) is 22.4 Å². The van der Waals surface area contributed by atoms with Crippen LogP contribution < -0.4 is 16.0 Å². The summed E-state index contributed by atoms with van der Waals surface area (Å²) < 4.78 is 58.5. The Morgan fingerprint density at radius 2 is 1.69 bits per heavy atom. The van der Waals surface area contributed by atoms with Crippen molar-refractivity contribution in [3.8, 4) is 0 Å². The second-order valence-electron chi connectivity index (χ2n) is 6.83. The summed E-state index contributed by atoms with van der Waals surface area (Å²) >= 11 is 0. The number of hydrogen-bond acceptors (Lipinski definition) is 3. The summed E-state index contributed by atoms with van der Waals surface area (Å²) in [7, 11) is 2.60. The minimum atomic E-state index is -1.53. The van der Waals surface area contributed by atoms with Crippen molar-refractivity contribution in [1.29, 1.82) is 0 Å². The number of amides is 1. The summed E-state index contributed by atoms with van der Waals surface area (Å²) in [6.45, 7) is 0. The topological polar surface area (TPSA) is 69.0 Å². The van der Waals surface area contributed by atoms with Gasteiger partial charge in [-0.2, -0.15) is 0 Å². The second-order valence-corrected chi connectivity index (χ2v) is 6.83. The summed E-state index contributed by atoms with van der Waals surface area (Å²) in [5, 5.41) is 8.23. The van der Waals surface area contributed by atoms with E-state index in [4.69, 9.17) is 0 Å². The molecule has 0 aliphatic carbocycles. The van der Waals surface area contributed by atoms with Gasteiger partial charge in [-0.05, 0) is 18.1 Å². The lowest BCUT2D eigenvalue weighted by Gasteiger charge is -2.31. The summed E-state index contributed by atoms with van der Waals surface area (Å²) in [5.41, 5.74) is 0.00516. The molecule has 1 aliphatic heterocycles. The molecule has 0 saturated heterocycles. The van der Waals surface area contributed by atoms with Crippen molar-refractivity contribution in [1.82, 2.24) is 15.6 Å². The highest BCUT2D eigenvalue weighted by Crippen LogP contribution is 2.39. The van der Waals surface area contributed by atoms with Gasteiger partial charge in [0, 0.05) is 30.7 Å². The molecule has 9 heteroatoms. The van der Waals surface area contributed by atoms with Crippen LogP contribution in [0.3, 0.4) is 0 Å². The molecule has 1 aromatic heterocycles. The number of hydrogen-bond donors (Lipinski definition) is 4.